The van der Waals surface area contributed by atoms with E-state index in [0.717, 1.165) is 39.4 Å². The summed E-state index contributed by atoms with van der Waals surface area (Å²) >= 11 is 0. The van der Waals surface area contributed by atoms with Gasteiger partial charge in [-0.3, -0.25) is 16.0 Å². The van der Waals surface area contributed by atoms with Crippen molar-refractivity contribution in [3.8, 4) is 0 Å². The lowest BCUT2D eigenvalue weighted by Gasteiger charge is -2.25. The minimum atomic E-state index is -0.168. The van der Waals surface area contributed by atoms with Gasteiger partial charge in [-0.1, -0.05) is 36.4 Å². The molecular weight excluding hydrogens is 406 g/mol. The summed E-state index contributed by atoms with van der Waals surface area (Å²) < 4.78 is 0. The lowest BCUT2D eigenvalue weighted by molar-refractivity contribution is 0.258. The van der Waals surface area contributed by atoms with Crippen molar-refractivity contribution < 1.29 is 15.3 Å². The van der Waals surface area contributed by atoms with Crippen molar-refractivity contribution in [2.75, 3.05) is 30.8 Å². The molecule has 0 amide bonds. The van der Waals surface area contributed by atoms with Crippen LogP contribution in [0, 0.1) is 0 Å². The predicted molar refractivity (Wildman–Crippen MR) is 128 cm³/mol. The quantitative estimate of drug-likeness (QED) is 0.192. The Balaban J connectivity index is 2.15. The highest BCUT2D eigenvalue weighted by Crippen LogP contribution is 2.36. The molecule has 170 valence electrons. The SMILES string of the molecule is OCNCc1cc(CNCO)c(Nc2ccccc2)c(CNCO)c1Nc1ccccc1. The summed E-state index contributed by atoms with van der Waals surface area (Å²) in [6.07, 6.45) is 0. The number of nitrogens with one attached hydrogen (secondary N) is 5. The normalized spacial score (nSPS) is 10.8. The molecule has 0 saturated heterocycles. The molecule has 0 atom stereocenters. The first-order valence-corrected chi connectivity index (χ1v) is 10.5. The van der Waals surface area contributed by atoms with E-state index >= 15 is 0 Å². The van der Waals surface area contributed by atoms with E-state index in [4.69, 9.17) is 0 Å². The molecule has 0 bridgehead atoms. The average molecular weight is 438 g/mol. The number of para-hydroxylation sites is 2. The fourth-order valence-electron chi connectivity index (χ4n) is 3.53. The minimum Gasteiger partial charge on any atom is -0.381 e. The van der Waals surface area contributed by atoms with Gasteiger partial charge in [-0.25, -0.2) is 0 Å². The molecule has 0 aliphatic heterocycles. The van der Waals surface area contributed by atoms with Crippen LogP contribution in [0.2, 0.25) is 0 Å². The van der Waals surface area contributed by atoms with Gasteiger partial charge in [0.25, 0.3) is 0 Å². The predicted octanol–water partition coefficient (Wildman–Crippen LogP) is 2.29. The Morgan fingerprint density at radius 1 is 0.531 bits per heavy atom. The van der Waals surface area contributed by atoms with Gasteiger partial charge in [-0.15, -0.1) is 0 Å². The number of aliphatic hydroxyl groups is 3. The Hall–Kier alpha value is -2.98. The molecule has 0 aliphatic rings. The van der Waals surface area contributed by atoms with Crippen molar-refractivity contribution in [1.29, 1.82) is 0 Å². The minimum absolute atomic E-state index is 0.150. The Morgan fingerprint density at radius 2 is 0.938 bits per heavy atom. The van der Waals surface area contributed by atoms with Gasteiger partial charge in [-0.05, 0) is 41.5 Å². The molecule has 8 nitrogen and oxygen atoms in total. The van der Waals surface area contributed by atoms with Gasteiger partial charge in [-0.2, -0.15) is 0 Å². The highest BCUT2D eigenvalue weighted by molar-refractivity contribution is 5.79. The number of hydrogen-bond donors (Lipinski definition) is 8. The molecule has 3 aromatic carbocycles. The number of hydrogen-bond acceptors (Lipinski definition) is 8. The Morgan fingerprint density at radius 3 is 1.34 bits per heavy atom. The monoisotopic (exact) mass is 437 g/mol. The molecule has 3 rings (SSSR count). The molecule has 8 heteroatoms. The third-order valence-electron chi connectivity index (χ3n) is 4.95. The van der Waals surface area contributed by atoms with Gasteiger partial charge < -0.3 is 26.0 Å². The van der Waals surface area contributed by atoms with Crippen molar-refractivity contribution in [3.63, 3.8) is 0 Å². The molecule has 0 aromatic heterocycles. The summed E-state index contributed by atoms with van der Waals surface area (Å²) in [5, 5.41) is 44.2. The van der Waals surface area contributed by atoms with Crippen LogP contribution in [0.1, 0.15) is 16.7 Å². The zero-order valence-corrected chi connectivity index (χ0v) is 17.9. The van der Waals surface area contributed by atoms with Crippen LogP contribution in [0.3, 0.4) is 0 Å². The Bertz CT molecular complexity index is 883. The van der Waals surface area contributed by atoms with Gasteiger partial charge in [0.1, 0.15) is 0 Å². The number of anilines is 4. The molecule has 32 heavy (non-hydrogen) atoms. The van der Waals surface area contributed by atoms with Crippen LogP contribution in [0.15, 0.2) is 66.7 Å². The summed E-state index contributed by atoms with van der Waals surface area (Å²) in [6.45, 7) is 0.816. The molecule has 0 spiro atoms. The van der Waals surface area contributed by atoms with Crippen LogP contribution in [0.25, 0.3) is 0 Å². The maximum atomic E-state index is 9.47. The third kappa shape index (κ3) is 6.51. The zero-order valence-electron chi connectivity index (χ0n) is 17.9. The fraction of sp³-hybridized carbons (Fsp3) is 0.250. The van der Waals surface area contributed by atoms with Gasteiger partial charge in [0, 0.05) is 47.9 Å². The van der Waals surface area contributed by atoms with E-state index in [9.17, 15) is 15.3 Å². The average Bonchev–Trinajstić information content (AvgIpc) is 2.83. The standard InChI is InChI=1S/C24H31N5O3/c30-15-25-12-18-11-19(13-26-16-31)24(29-21-9-5-2-6-10-21)22(14-27-17-32)23(18)28-20-7-3-1-4-8-20/h1-11,25-32H,12-17H2. The summed E-state index contributed by atoms with van der Waals surface area (Å²) in [4.78, 5) is 0. The molecule has 0 unspecified atom stereocenters. The van der Waals surface area contributed by atoms with Crippen LogP contribution < -0.4 is 26.6 Å². The van der Waals surface area contributed by atoms with E-state index in [0.29, 0.717) is 19.6 Å². The Labute approximate surface area is 188 Å². The topological polar surface area (TPSA) is 121 Å². The maximum absolute atomic E-state index is 9.47. The second-order valence-corrected chi connectivity index (χ2v) is 7.16. The summed E-state index contributed by atoms with van der Waals surface area (Å²) in [5.74, 6) is 0. The van der Waals surface area contributed by atoms with Gasteiger partial charge in [0.15, 0.2) is 0 Å². The summed E-state index contributed by atoms with van der Waals surface area (Å²) in [5.41, 5.74) is 6.44. The van der Waals surface area contributed by atoms with Crippen molar-refractivity contribution in [3.05, 3.63) is 83.4 Å². The van der Waals surface area contributed by atoms with Crippen molar-refractivity contribution >= 4 is 22.7 Å². The van der Waals surface area contributed by atoms with E-state index in [1.807, 2.05) is 66.7 Å². The van der Waals surface area contributed by atoms with E-state index in [2.05, 4.69) is 26.6 Å². The van der Waals surface area contributed by atoms with E-state index in [-0.39, 0.29) is 20.2 Å². The van der Waals surface area contributed by atoms with Crippen LogP contribution in [-0.2, 0) is 19.6 Å². The number of benzene rings is 3. The van der Waals surface area contributed by atoms with Crippen LogP contribution >= 0.6 is 0 Å². The first kappa shape index (κ1) is 23.7. The van der Waals surface area contributed by atoms with Gasteiger partial charge in [0.2, 0.25) is 0 Å². The largest absolute Gasteiger partial charge is 0.381 e. The zero-order chi connectivity index (χ0) is 22.6. The summed E-state index contributed by atoms with van der Waals surface area (Å²) in [6, 6.07) is 21.7. The van der Waals surface area contributed by atoms with E-state index in [1.54, 1.807) is 0 Å². The molecule has 8 N–H and O–H groups in total. The number of aliphatic hydroxyl groups excluding tert-OH is 3. The van der Waals surface area contributed by atoms with Crippen LogP contribution in [0.5, 0.6) is 0 Å². The summed E-state index contributed by atoms with van der Waals surface area (Å²) in [7, 11) is 0. The van der Waals surface area contributed by atoms with E-state index in [1.165, 1.54) is 0 Å². The highest BCUT2D eigenvalue weighted by atomic mass is 16.3. The first-order valence-electron chi connectivity index (χ1n) is 10.5. The smallest absolute Gasteiger partial charge is 0.0934 e. The first-order chi connectivity index (χ1) is 15.8. The fourth-order valence-corrected chi connectivity index (χ4v) is 3.53. The van der Waals surface area contributed by atoms with Crippen LogP contribution in [0.4, 0.5) is 22.7 Å². The molecule has 0 aliphatic carbocycles. The molecule has 0 radical (unpaired) electrons. The molecule has 0 heterocycles. The molecule has 0 fully saturated rings. The van der Waals surface area contributed by atoms with Crippen molar-refractivity contribution in [2.24, 2.45) is 0 Å². The maximum Gasteiger partial charge on any atom is 0.0934 e. The Kier molecular flexibility index (Phi) is 9.45. The lowest BCUT2D eigenvalue weighted by Crippen LogP contribution is -2.22. The lowest BCUT2D eigenvalue weighted by atomic mass is 9.97. The number of rotatable bonds is 13. The van der Waals surface area contributed by atoms with Crippen molar-refractivity contribution in [1.82, 2.24) is 16.0 Å². The molecule has 0 saturated carbocycles. The van der Waals surface area contributed by atoms with E-state index < -0.39 is 0 Å². The molecule has 3 aromatic rings. The van der Waals surface area contributed by atoms with Crippen molar-refractivity contribution in [2.45, 2.75) is 19.6 Å². The third-order valence-corrected chi connectivity index (χ3v) is 4.95. The second-order valence-electron chi connectivity index (χ2n) is 7.16. The highest BCUT2D eigenvalue weighted by Gasteiger charge is 2.19. The molecular formula is C24H31N5O3. The van der Waals surface area contributed by atoms with Gasteiger partial charge in [0.05, 0.1) is 20.2 Å². The second kappa shape index (κ2) is 12.8. The van der Waals surface area contributed by atoms with Gasteiger partial charge >= 0.3 is 0 Å². The van der Waals surface area contributed by atoms with Crippen LogP contribution in [-0.4, -0.2) is 35.5 Å².